The molecular formula is C26H23Cl2N3O4. The normalized spacial score (nSPS) is 14.9. The van der Waals surface area contributed by atoms with Gasteiger partial charge in [-0.2, -0.15) is 0 Å². The van der Waals surface area contributed by atoms with Gasteiger partial charge < -0.3 is 10.1 Å². The number of ether oxygens (including phenoxy) is 1. The molecule has 35 heavy (non-hydrogen) atoms. The van der Waals surface area contributed by atoms with Crippen LogP contribution in [0.4, 0.5) is 16.2 Å². The number of halogens is 2. The molecule has 1 aliphatic heterocycles. The molecule has 0 aliphatic carbocycles. The monoisotopic (exact) mass is 511 g/mol. The van der Waals surface area contributed by atoms with Gasteiger partial charge in [0.05, 0.1) is 10.7 Å². The second-order valence-corrected chi connectivity index (χ2v) is 8.74. The fourth-order valence-electron chi connectivity index (χ4n) is 3.82. The van der Waals surface area contributed by atoms with Crippen LogP contribution in [0.15, 0.2) is 78.9 Å². The van der Waals surface area contributed by atoms with Crippen LogP contribution in [0.25, 0.3) is 0 Å². The second kappa shape index (κ2) is 11.3. The SMILES string of the molecule is O=C(Nc1ccc(C(=O)N(Cl)c2ccccc2Cl)cc1)C1CCCN1C(=O)OCc1ccccc1. The van der Waals surface area contributed by atoms with Gasteiger partial charge in [0.25, 0.3) is 5.91 Å². The Labute approximate surface area is 213 Å². The predicted octanol–water partition coefficient (Wildman–Crippen LogP) is 5.88. The number of para-hydroxylation sites is 1. The van der Waals surface area contributed by atoms with Gasteiger partial charge in [-0.05, 0) is 54.8 Å². The topological polar surface area (TPSA) is 79.0 Å². The zero-order valence-electron chi connectivity index (χ0n) is 18.7. The smallest absolute Gasteiger partial charge is 0.410 e. The van der Waals surface area contributed by atoms with Gasteiger partial charge in [0.15, 0.2) is 0 Å². The first-order valence-corrected chi connectivity index (χ1v) is 11.8. The van der Waals surface area contributed by atoms with Gasteiger partial charge in [0, 0.05) is 29.6 Å². The first-order valence-electron chi connectivity index (χ1n) is 11.1. The first kappa shape index (κ1) is 24.6. The zero-order chi connectivity index (χ0) is 24.8. The molecule has 1 saturated heterocycles. The summed E-state index contributed by atoms with van der Waals surface area (Å²) >= 11 is 12.3. The number of likely N-dealkylation sites (tertiary alicyclic amines) is 1. The summed E-state index contributed by atoms with van der Waals surface area (Å²) in [5, 5.41) is 3.16. The minimum absolute atomic E-state index is 0.145. The zero-order valence-corrected chi connectivity index (χ0v) is 20.2. The van der Waals surface area contributed by atoms with E-state index in [0.717, 1.165) is 9.98 Å². The molecular weight excluding hydrogens is 489 g/mol. The molecule has 1 heterocycles. The highest BCUT2D eigenvalue weighted by Crippen LogP contribution is 2.28. The average molecular weight is 512 g/mol. The maximum atomic E-state index is 12.9. The molecule has 1 aliphatic rings. The van der Waals surface area contributed by atoms with E-state index in [9.17, 15) is 14.4 Å². The highest BCUT2D eigenvalue weighted by Gasteiger charge is 2.35. The van der Waals surface area contributed by atoms with Crippen LogP contribution >= 0.6 is 23.4 Å². The minimum Gasteiger partial charge on any atom is -0.445 e. The lowest BCUT2D eigenvalue weighted by molar-refractivity contribution is -0.120. The van der Waals surface area contributed by atoms with Crippen LogP contribution in [0.5, 0.6) is 0 Å². The molecule has 3 amide bonds. The van der Waals surface area contributed by atoms with E-state index in [4.69, 9.17) is 28.1 Å². The summed E-state index contributed by atoms with van der Waals surface area (Å²) < 4.78 is 6.35. The van der Waals surface area contributed by atoms with E-state index >= 15 is 0 Å². The number of anilines is 2. The maximum absolute atomic E-state index is 12.9. The largest absolute Gasteiger partial charge is 0.445 e. The van der Waals surface area contributed by atoms with Crippen LogP contribution < -0.4 is 9.74 Å². The Morgan fingerprint density at radius 1 is 0.971 bits per heavy atom. The third-order valence-corrected chi connectivity index (χ3v) is 6.29. The molecule has 7 nitrogen and oxygen atoms in total. The van der Waals surface area contributed by atoms with Crippen molar-refractivity contribution >= 4 is 52.7 Å². The van der Waals surface area contributed by atoms with E-state index in [1.54, 1.807) is 48.5 Å². The number of hydrogen-bond donors (Lipinski definition) is 1. The summed E-state index contributed by atoms with van der Waals surface area (Å²) in [6.45, 7) is 0.596. The van der Waals surface area contributed by atoms with E-state index in [0.29, 0.717) is 41.3 Å². The van der Waals surface area contributed by atoms with Gasteiger partial charge in [0.1, 0.15) is 12.6 Å². The fraction of sp³-hybridized carbons (Fsp3) is 0.192. The van der Waals surface area contributed by atoms with Gasteiger partial charge in [-0.1, -0.05) is 54.1 Å². The van der Waals surface area contributed by atoms with Gasteiger partial charge in [-0.15, -0.1) is 0 Å². The third-order valence-electron chi connectivity index (χ3n) is 5.64. The summed E-state index contributed by atoms with van der Waals surface area (Å²) in [7, 11) is 0. The summed E-state index contributed by atoms with van der Waals surface area (Å²) in [4.78, 5) is 39.6. The number of benzene rings is 3. The molecule has 0 saturated carbocycles. The molecule has 0 spiro atoms. The number of nitrogens with one attached hydrogen (secondary N) is 1. The number of amides is 3. The van der Waals surface area contributed by atoms with Crippen molar-refractivity contribution < 1.29 is 19.1 Å². The molecule has 0 radical (unpaired) electrons. The molecule has 1 N–H and O–H groups in total. The molecule has 0 aromatic heterocycles. The quantitative estimate of drug-likeness (QED) is 0.419. The Balaban J connectivity index is 1.35. The second-order valence-electron chi connectivity index (χ2n) is 8.00. The average Bonchev–Trinajstić information content (AvgIpc) is 3.38. The number of hydrogen-bond acceptors (Lipinski definition) is 4. The number of rotatable bonds is 6. The molecule has 1 atom stereocenters. The Bertz CT molecular complexity index is 1200. The van der Waals surface area contributed by atoms with E-state index in [2.05, 4.69) is 5.32 Å². The van der Waals surface area contributed by atoms with Crippen molar-refractivity contribution in [3.63, 3.8) is 0 Å². The van der Waals surface area contributed by atoms with Crippen LogP contribution in [-0.2, 0) is 16.1 Å². The lowest BCUT2D eigenvalue weighted by Crippen LogP contribution is -2.43. The van der Waals surface area contributed by atoms with Gasteiger partial charge in [-0.25, -0.2) is 9.21 Å². The van der Waals surface area contributed by atoms with E-state index in [-0.39, 0.29) is 12.5 Å². The first-order chi connectivity index (χ1) is 16.9. The third kappa shape index (κ3) is 5.93. The number of carbonyl (C=O) groups excluding carboxylic acids is 3. The van der Waals surface area contributed by atoms with Crippen molar-refractivity contribution in [1.82, 2.24) is 4.90 Å². The number of carbonyl (C=O) groups is 3. The molecule has 1 fully saturated rings. The highest BCUT2D eigenvalue weighted by molar-refractivity contribution is 6.43. The molecule has 3 aromatic rings. The van der Waals surface area contributed by atoms with Crippen molar-refractivity contribution in [3.05, 3.63) is 95.0 Å². The Kier molecular flexibility index (Phi) is 7.90. The lowest BCUT2D eigenvalue weighted by Gasteiger charge is -2.23. The van der Waals surface area contributed by atoms with Crippen LogP contribution in [0.1, 0.15) is 28.8 Å². The molecule has 4 rings (SSSR count). The molecule has 1 unspecified atom stereocenters. The Morgan fingerprint density at radius 2 is 1.66 bits per heavy atom. The van der Waals surface area contributed by atoms with Crippen molar-refractivity contribution in [3.8, 4) is 0 Å². The van der Waals surface area contributed by atoms with Gasteiger partial charge >= 0.3 is 6.09 Å². The molecule has 3 aromatic carbocycles. The van der Waals surface area contributed by atoms with E-state index in [1.165, 1.54) is 4.90 Å². The Hall–Kier alpha value is -3.55. The van der Waals surface area contributed by atoms with Gasteiger partial charge in [0.2, 0.25) is 5.91 Å². The Morgan fingerprint density at radius 3 is 2.37 bits per heavy atom. The van der Waals surface area contributed by atoms with E-state index in [1.807, 2.05) is 30.3 Å². The fourth-order valence-corrected chi connectivity index (χ4v) is 4.32. The van der Waals surface area contributed by atoms with E-state index < -0.39 is 18.0 Å². The van der Waals surface area contributed by atoms with Gasteiger partial charge in [-0.3, -0.25) is 14.5 Å². The molecule has 0 bridgehead atoms. The minimum atomic E-state index is -0.627. The van der Waals surface area contributed by atoms with Crippen LogP contribution in [0.2, 0.25) is 5.02 Å². The summed E-state index contributed by atoms with van der Waals surface area (Å²) in [6.07, 6.45) is 0.732. The molecule has 9 heteroatoms. The standard InChI is InChI=1S/C26H23Cl2N3O4/c27-21-9-4-5-10-22(21)31(28)25(33)19-12-14-20(15-13-19)29-24(32)23-11-6-16-30(23)26(34)35-17-18-7-2-1-3-8-18/h1-5,7-10,12-15,23H,6,11,16-17H2,(H,29,32). The van der Waals surface area contributed by atoms with Crippen LogP contribution in [0.3, 0.4) is 0 Å². The lowest BCUT2D eigenvalue weighted by atomic mass is 10.1. The predicted molar refractivity (Wildman–Crippen MR) is 136 cm³/mol. The number of nitrogens with zero attached hydrogens (tertiary/aromatic N) is 2. The van der Waals surface area contributed by atoms with Crippen molar-refractivity contribution in [2.45, 2.75) is 25.5 Å². The maximum Gasteiger partial charge on any atom is 0.410 e. The summed E-state index contributed by atoms with van der Waals surface area (Å²) in [6, 6.07) is 21.8. The highest BCUT2D eigenvalue weighted by atomic mass is 35.5. The summed E-state index contributed by atoms with van der Waals surface area (Å²) in [5.74, 6) is -0.769. The summed E-state index contributed by atoms with van der Waals surface area (Å²) in [5.41, 5.74) is 2.07. The molecule has 180 valence electrons. The van der Waals surface area contributed by atoms with Crippen molar-refractivity contribution in [2.75, 3.05) is 16.3 Å². The van der Waals surface area contributed by atoms with Crippen LogP contribution in [0, 0.1) is 0 Å². The van der Waals surface area contributed by atoms with Crippen molar-refractivity contribution in [2.24, 2.45) is 0 Å². The van der Waals surface area contributed by atoms with Crippen molar-refractivity contribution in [1.29, 1.82) is 0 Å². The van der Waals surface area contributed by atoms with Crippen LogP contribution in [-0.4, -0.2) is 35.4 Å².